The number of hydrogen-bond donors (Lipinski definition) is 1. The van der Waals surface area contributed by atoms with E-state index in [1.165, 1.54) is 38.6 Å². The molecule has 4 heteroatoms. The van der Waals surface area contributed by atoms with Gasteiger partial charge in [0, 0.05) is 23.7 Å². The summed E-state index contributed by atoms with van der Waals surface area (Å²) in [6.45, 7) is 4.29. The second-order valence-electron chi connectivity index (χ2n) is 4.36. The molecule has 1 heterocycles. The fourth-order valence-corrected chi connectivity index (χ4v) is 4.22. The molecule has 1 nitrogen and oxygen atoms in total. The van der Waals surface area contributed by atoms with Gasteiger partial charge in [0.25, 0.3) is 0 Å². The molecule has 1 aliphatic carbocycles. The smallest absolute Gasteiger partial charge is 0.0730 e. The molecule has 0 atom stereocenters. The summed E-state index contributed by atoms with van der Waals surface area (Å²) in [4.78, 5) is 1.43. The van der Waals surface area contributed by atoms with E-state index >= 15 is 0 Å². The van der Waals surface area contributed by atoms with Gasteiger partial charge in [0.2, 0.25) is 0 Å². The number of rotatable bonds is 7. The highest BCUT2D eigenvalue weighted by Gasteiger charge is 2.20. The van der Waals surface area contributed by atoms with Crippen LogP contribution in [0.4, 0.5) is 0 Å². The van der Waals surface area contributed by atoms with Gasteiger partial charge in [-0.25, -0.2) is 0 Å². The Morgan fingerprint density at radius 2 is 2.38 bits per heavy atom. The summed E-state index contributed by atoms with van der Waals surface area (Å²) in [5, 5.41) is 3.51. The van der Waals surface area contributed by atoms with E-state index in [0.717, 1.165) is 19.0 Å². The van der Waals surface area contributed by atoms with Gasteiger partial charge in [-0.05, 0) is 59.0 Å². The van der Waals surface area contributed by atoms with Crippen molar-refractivity contribution in [3.8, 4) is 0 Å². The fourth-order valence-electron chi connectivity index (χ4n) is 1.50. The standard InChI is InChI=1S/C12H18BrNS2/c1-9-6-11(16-12(9)13)7-14-4-5-15-8-10-2-3-10/h6,10,14H,2-5,7-8H2,1H3. The monoisotopic (exact) mass is 319 g/mol. The van der Waals surface area contributed by atoms with E-state index in [1.807, 2.05) is 11.3 Å². The Bertz CT molecular complexity index is 314. The van der Waals surface area contributed by atoms with Crippen molar-refractivity contribution in [3.05, 3.63) is 20.3 Å². The summed E-state index contributed by atoms with van der Waals surface area (Å²) in [5.41, 5.74) is 1.35. The van der Waals surface area contributed by atoms with Gasteiger partial charge in [-0.2, -0.15) is 11.8 Å². The SMILES string of the molecule is Cc1cc(CNCCSCC2CC2)sc1Br. The number of aryl methyl sites for hydroxylation is 1. The molecule has 1 aromatic rings. The van der Waals surface area contributed by atoms with Gasteiger partial charge in [0.15, 0.2) is 0 Å². The fraction of sp³-hybridized carbons (Fsp3) is 0.667. The lowest BCUT2D eigenvalue weighted by molar-refractivity contribution is 0.740. The Morgan fingerprint density at radius 1 is 1.56 bits per heavy atom. The van der Waals surface area contributed by atoms with E-state index in [1.54, 1.807) is 0 Å². The van der Waals surface area contributed by atoms with E-state index in [2.05, 4.69) is 46.0 Å². The van der Waals surface area contributed by atoms with Gasteiger partial charge in [0.05, 0.1) is 3.79 Å². The summed E-state index contributed by atoms with van der Waals surface area (Å²) >= 11 is 7.50. The maximum absolute atomic E-state index is 3.56. The Balaban J connectivity index is 1.53. The van der Waals surface area contributed by atoms with Gasteiger partial charge in [-0.3, -0.25) is 0 Å². The Kier molecular flexibility index (Phi) is 5.20. The maximum Gasteiger partial charge on any atom is 0.0730 e. The molecule has 1 N–H and O–H groups in total. The average Bonchev–Trinajstić information content (AvgIpc) is 3.01. The number of nitrogens with one attached hydrogen (secondary N) is 1. The van der Waals surface area contributed by atoms with Gasteiger partial charge in [-0.15, -0.1) is 11.3 Å². The van der Waals surface area contributed by atoms with Crippen molar-refractivity contribution in [2.24, 2.45) is 5.92 Å². The Hall–Kier alpha value is 0.490. The number of thioether (sulfide) groups is 1. The van der Waals surface area contributed by atoms with Crippen molar-refractivity contribution in [2.75, 3.05) is 18.1 Å². The molecule has 0 bridgehead atoms. The number of halogens is 1. The van der Waals surface area contributed by atoms with E-state index in [4.69, 9.17) is 0 Å². The average molecular weight is 320 g/mol. The normalized spacial score (nSPS) is 15.6. The second kappa shape index (κ2) is 6.43. The number of thiophene rings is 1. The molecule has 1 fully saturated rings. The van der Waals surface area contributed by atoms with E-state index in [9.17, 15) is 0 Å². The van der Waals surface area contributed by atoms with Crippen LogP contribution in [0.15, 0.2) is 9.85 Å². The predicted octanol–water partition coefficient (Wildman–Crippen LogP) is 4.05. The quantitative estimate of drug-likeness (QED) is 0.761. The molecule has 0 spiro atoms. The number of hydrogen-bond acceptors (Lipinski definition) is 3. The van der Waals surface area contributed by atoms with Crippen molar-refractivity contribution in [1.82, 2.24) is 5.32 Å². The lowest BCUT2D eigenvalue weighted by Gasteiger charge is -2.02. The summed E-state index contributed by atoms with van der Waals surface area (Å²) in [6, 6.07) is 2.26. The molecule has 1 aliphatic rings. The Morgan fingerprint density at radius 3 is 3.00 bits per heavy atom. The molecular formula is C12H18BrNS2. The Labute approximate surface area is 115 Å². The van der Waals surface area contributed by atoms with Gasteiger partial charge < -0.3 is 5.32 Å². The first kappa shape index (κ1) is 12.9. The molecule has 90 valence electrons. The first-order chi connectivity index (χ1) is 7.75. The molecule has 1 aromatic heterocycles. The van der Waals surface area contributed by atoms with Gasteiger partial charge in [0.1, 0.15) is 0 Å². The lowest BCUT2D eigenvalue weighted by Crippen LogP contribution is -2.16. The highest BCUT2D eigenvalue weighted by Crippen LogP contribution is 2.32. The summed E-state index contributed by atoms with van der Waals surface area (Å²) in [7, 11) is 0. The minimum absolute atomic E-state index is 1.01. The largest absolute Gasteiger partial charge is 0.311 e. The summed E-state index contributed by atoms with van der Waals surface area (Å²) in [5.74, 6) is 3.69. The van der Waals surface area contributed by atoms with Crippen molar-refractivity contribution >= 4 is 39.0 Å². The van der Waals surface area contributed by atoms with Crippen molar-refractivity contribution in [2.45, 2.75) is 26.3 Å². The predicted molar refractivity (Wildman–Crippen MR) is 78.5 cm³/mol. The van der Waals surface area contributed by atoms with Crippen LogP contribution in [0.2, 0.25) is 0 Å². The second-order valence-corrected chi connectivity index (χ2v) is 7.97. The van der Waals surface area contributed by atoms with Crippen LogP contribution in [-0.2, 0) is 6.54 Å². The third kappa shape index (κ3) is 4.40. The molecule has 0 radical (unpaired) electrons. The van der Waals surface area contributed by atoms with Crippen LogP contribution in [0.25, 0.3) is 0 Å². The van der Waals surface area contributed by atoms with E-state index in [0.29, 0.717) is 0 Å². The van der Waals surface area contributed by atoms with Crippen LogP contribution < -0.4 is 5.32 Å². The van der Waals surface area contributed by atoms with Crippen molar-refractivity contribution < 1.29 is 0 Å². The third-order valence-electron chi connectivity index (χ3n) is 2.68. The van der Waals surface area contributed by atoms with E-state index in [-0.39, 0.29) is 0 Å². The van der Waals surface area contributed by atoms with Gasteiger partial charge in [-0.1, -0.05) is 0 Å². The highest BCUT2D eigenvalue weighted by atomic mass is 79.9. The molecule has 0 amide bonds. The van der Waals surface area contributed by atoms with Crippen LogP contribution in [-0.4, -0.2) is 18.1 Å². The van der Waals surface area contributed by atoms with Crippen LogP contribution in [0.5, 0.6) is 0 Å². The van der Waals surface area contributed by atoms with Crippen LogP contribution in [0, 0.1) is 12.8 Å². The molecule has 1 saturated carbocycles. The van der Waals surface area contributed by atoms with Crippen LogP contribution >= 0.6 is 39.0 Å². The maximum atomic E-state index is 3.56. The molecule has 0 aromatic carbocycles. The summed E-state index contributed by atoms with van der Waals surface area (Å²) in [6.07, 6.45) is 2.95. The zero-order valence-corrected chi connectivity index (χ0v) is 12.8. The highest BCUT2D eigenvalue weighted by molar-refractivity contribution is 9.11. The van der Waals surface area contributed by atoms with Crippen LogP contribution in [0.1, 0.15) is 23.3 Å². The first-order valence-corrected chi connectivity index (χ1v) is 8.55. The van der Waals surface area contributed by atoms with Crippen LogP contribution in [0.3, 0.4) is 0 Å². The van der Waals surface area contributed by atoms with Crippen molar-refractivity contribution in [3.63, 3.8) is 0 Å². The summed E-state index contributed by atoms with van der Waals surface area (Å²) < 4.78 is 1.27. The zero-order valence-electron chi connectivity index (χ0n) is 9.59. The van der Waals surface area contributed by atoms with Crippen molar-refractivity contribution in [1.29, 1.82) is 0 Å². The minimum Gasteiger partial charge on any atom is -0.311 e. The zero-order chi connectivity index (χ0) is 11.4. The lowest BCUT2D eigenvalue weighted by atomic mass is 10.3. The van der Waals surface area contributed by atoms with Gasteiger partial charge >= 0.3 is 0 Å². The molecule has 0 aliphatic heterocycles. The molecular weight excluding hydrogens is 302 g/mol. The van der Waals surface area contributed by atoms with E-state index < -0.39 is 0 Å². The topological polar surface area (TPSA) is 12.0 Å². The third-order valence-corrected chi connectivity index (χ3v) is 6.02. The molecule has 0 saturated heterocycles. The molecule has 0 unspecified atom stereocenters. The first-order valence-electron chi connectivity index (χ1n) is 5.79. The minimum atomic E-state index is 1.01. The molecule has 2 rings (SSSR count). The molecule has 16 heavy (non-hydrogen) atoms.